The highest BCUT2D eigenvalue weighted by Gasteiger charge is 2.99. The zero-order valence-electron chi connectivity index (χ0n) is 13.3. The van der Waals surface area contributed by atoms with Crippen LogP contribution < -0.4 is 0 Å². The minimum absolute atomic E-state index is 0.0484. The van der Waals surface area contributed by atoms with Gasteiger partial charge in [0.1, 0.15) is 8.67 Å². The van der Waals surface area contributed by atoms with Crippen LogP contribution in [-0.2, 0) is 5.41 Å². The van der Waals surface area contributed by atoms with Crippen LogP contribution in [0.1, 0.15) is 28.2 Å². The maximum Gasteiger partial charge on any atom is 0.143 e. The van der Waals surface area contributed by atoms with Crippen molar-refractivity contribution in [1.82, 2.24) is 0 Å². The Kier molecular flexibility index (Phi) is 1.87. The van der Waals surface area contributed by atoms with E-state index in [0.717, 1.165) is 0 Å². The Balaban J connectivity index is 1.74. The second kappa shape index (κ2) is 3.44. The second-order valence-corrected chi connectivity index (χ2v) is 11.2. The molecule has 5 aliphatic carbocycles. The van der Waals surface area contributed by atoms with E-state index in [0.29, 0.717) is 0 Å². The summed E-state index contributed by atoms with van der Waals surface area (Å²) < 4.78 is -1.74. The molecule has 0 radical (unpaired) electrons. The van der Waals surface area contributed by atoms with Crippen molar-refractivity contribution in [2.24, 2.45) is 11.3 Å². The molecule has 4 heteroatoms. The van der Waals surface area contributed by atoms with E-state index in [9.17, 15) is 0 Å². The van der Waals surface area contributed by atoms with Crippen LogP contribution in [0.4, 0.5) is 0 Å². The third-order valence-corrected chi connectivity index (χ3v) is 10.1. The van der Waals surface area contributed by atoms with Crippen molar-refractivity contribution in [2.45, 2.75) is 20.0 Å². The molecule has 0 saturated heterocycles. The Morgan fingerprint density at radius 1 is 0.769 bits per heavy atom. The van der Waals surface area contributed by atoms with Gasteiger partial charge in [0.05, 0.1) is 5.41 Å². The first kappa shape index (κ1) is 14.1. The van der Waals surface area contributed by atoms with Crippen molar-refractivity contribution >= 4 is 74.0 Å². The number of alkyl halides is 4. The molecule has 0 nitrogen and oxygen atoms in total. The van der Waals surface area contributed by atoms with Gasteiger partial charge in [-0.05, 0) is 43.8 Å². The van der Waals surface area contributed by atoms with Gasteiger partial charge in [0.15, 0.2) is 0 Å². The van der Waals surface area contributed by atoms with Gasteiger partial charge < -0.3 is 0 Å². The molecule has 2 saturated carbocycles. The topological polar surface area (TPSA) is 0 Å². The first-order chi connectivity index (χ1) is 12.4. The third kappa shape index (κ3) is 0.946. The fourth-order valence-corrected chi connectivity index (χ4v) is 9.32. The molecule has 2 fully saturated rings. The quantitative estimate of drug-likeness (QED) is 0.283. The van der Waals surface area contributed by atoms with Gasteiger partial charge in [0, 0.05) is 17.3 Å². The second-order valence-electron chi connectivity index (χ2n) is 8.48. The Labute approximate surface area is 169 Å². The van der Waals surface area contributed by atoms with Gasteiger partial charge in [0.2, 0.25) is 0 Å². The van der Waals surface area contributed by atoms with Crippen LogP contribution in [0.3, 0.4) is 0 Å². The number of rotatable bonds is 0. The minimum atomic E-state index is -0.928. The molecule has 26 heavy (non-hydrogen) atoms. The van der Waals surface area contributed by atoms with E-state index >= 15 is 0 Å². The Bertz CT molecular complexity index is 1320. The van der Waals surface area contributed by atoms with E-state index < -0.39 is 19.5 Å². The molecule has 0 aliphatic heterocycles. The first-order valence-electron chi connectivity index (χ1n) is 8.89. The van der Waals surface area contributed by atoms with Gasteiger partial charge in [-0.1, -0.05) is 71.8 Å². The molecule has 5 aliphatic rings. The first-order valence-corrected chi connectivity index (χ1v) is 10.4. The summed E-state index contributed by atoms with van der Waals surface area (Å²) in [6.07, 6.45) is 4.41. The predicted molar refractivity (Wildman–Crippen MR) is 109 cm³/mol. The molecule has 0 amide bonds. The molecule has 0 aromatic heterocycles. The molecule has 3 aromatic rings. The Morgan fingerprint density at radius 2 is 1.42 bits per heavy atom. The summed E-state index contributed by atoms with van der Waals surface area (Å²) in [4.78, 5) is 0. The molecule has 0 heterocycles. The average molecular weight is 416 g/mol. The van der Waals surface area contributed by atoms with Crippen molar-refractivity contribution in [3.8, 4) is 0 Å². The number of hydrogen-bond acceptors (Lipinski definition) is 0. The van der Waals surface area contributed by atoms with E-state index in [1.54, 1.807) is 0 Å². The summed E-state index contributed by atoms with van der Waals surface area (Å²) in [5.41, 5.74) is 4.22. The molecule has 4 unspecified atom stereocenters. The van der Waals surface area contributed by atoms with Gasteiger partial charge in [0.25, 0.3) is 0 Å². The van der Waals surface area contributed by atoms with Gasteiger partial charge in [-0.2, -0.15) is 0 Å². The maximum atomic E-state index is 7.20. The smallest absolute Gasteiger partial charge is 0.101 e. The predicted octanol–water partition coefficient (Wildman–Crippen LogP) is 6.69. The van der Waals surface area contributed by atoms with Crippen LogP contribution in [0, 0.1) is 11.3 Å². The van der Waals surface area contributed by atoms with Crippen molar-refractivity contribution in [1.29, 1.82) is 0 Å². The number of halogens is 4. The Hall–Kier alpha value is -0.920. The van der Waals surface area contributed by atoms with Gasteiger partial charge in [-0.25, -0.2) is 0 Å². The lowest BCUT2D eigenvalue weighted by Gasteiger charge is -2.30. The van der Waals surface area contributed by atoms with Crippen LogP contribution >= 0.6 is 46.4 Å². The van der Waals surface area contributed by atoms with E-state index in [4.69, 9.17) is 46.4 Å². The van der Waals surface area contributed by atoms with Crippen LogP contribution in [0.15, 0.2) is 42.5 Å². The normalized spacial score (nSPS) is 39.5. The molecular formula is C22H10Cl4. The van der Waals surface area contributed by atoms with E-state index in [2.05, 4.69) is 48.6 Å². The third-order valence-electron chi connectivity index (χ3n) is 7.94. The highest BCUT2D eigenvalue weighted by atomic mass is 35.5. The number of allylic oxidation sites excluding steroid dienone is 1. The van der Waals surface area contributed by atoms with Crippen molar-refractivity contribution in [2.75, 3.05) is 0 Å². The van der Waals surface area contributed by atoms with Crippen LogP contribution in [-0.4, -0.2) is 8.67 Å². The van der Waals surface area contributed by atoms with E-state index in [1.165, 1.54) is 43.8 Å². The lowest BCUT2D eigenvalue weighted by Crippen LogP contribution is -2.27. The summed E-state index contributed by atoms with van der Waals surface area (Å²) in [6, 6.07) is 13.2. The highest BCUT2D eigenvalue weighted by molar-refractivity contribution is 6.57. The summed E-state index contributed by atoms with van der Waals surface area (Å²) >= 11 is 28.1. The van der Waals surface area contributed by atoms with Crippen LogP contribution in [0.2, 0.25) is 0 Å². The van der Waals surface area contributed by atoms with Gasteiger partial charge in [-0.15, -0.1) is 23.2 Å². The number of benzene rings is 3. The van der Waals surface area contributed by atoms with Crippen molar-refractivity contribution in [3.63, 3.8) is 0 Å². The lowest BCUT2D eigenvalue weighted by atomic mass is 9.70. The molecule has 1 spiro atoms. The van der Waals surface area contributed by atoms with Gasteiger partial charge in [-0.3, -0.25) is 0 Å². The summed E-state index contributed by atoms with van der Waals surface area (Å²) in [7, 11) is 0. The van der Waals surface area contributed by atoms with Crippen molar-refractivity contribution in [3.05, 3.63) is 64.7 Å². The molecule has 0 N–H and O–H groups in total. The fourth-order valence-electron chi connectivity index (χ4n) is 7.12. The maximum absolute atomic E-state index is 7.20. The lowest BCUT2D eigenvalue weighted by molar-refractivity contribution is 0.456. The highest BCUT2D eigenvalue weighted by Crippen LogP contribution is 2.97. The largest absolute Gasteiger partial charge is 0.143 e. The van der Waals surface area contributed by atoms with E-state index in [1.807, 2.05) is 0 Å². The van der Waals surface area contributed by atoms with Crippen LogP contribution in [0.5, 0.6) is 0 Å². The average Bonchev–Trinajstić information content (AvgIpc) is 3.27. The van der Waals surface area contributed by atoms with Crippen LogP contribution in [0.25, 0.3) is 27.6 Å². The van der Waals surface area contributed by atoms with E-state index in [-0.39, 0.29) is 11.8 Å². The Morgan fingerprint density at radius 3 is 2.19 bits per heavy atom. The minimum Gasteiger partial charge on any atom is -0.101 e. The molecule has 4 atom stereocenters. The molecule has 0 bridgehead atoms. The SMILES string of the molecule is ClC1(Cl)C2c3ccc4ccc5ccc6c7c5c4c3C73C(Cl)(Cl)C3(C=C6)C21. The number of fused-ring (bicyclic) bond motifs is 2. The summed E-state index contributed by atoms with van der Waals surface area (Å²) in [5, 5.41) is 5.13. The molecular weight excluding hydrogens is 406 g/mol. The summed E-state index contributed by atoms with van der Waals surface area (Å²) in [6.45, 7) is 0. The monoisotopic (exact) mass is 414 g/mol. The standard InChI is InChI=1S/C22H10Cl4/c23-21(24)17-12-6-5-10-2-1-9-3-4-11-7-8-19(18(17)21)20(22(19,25)26)15(11)13(9)14(10)16(12)20/h1-8,17-18H. The van der Waals surface area contributed by atoms with Gasteiger partial charge >= 0.3 is 0 Å². The molecule has 8 rings (SSSR count). The summed E-state index contributed by atoms with van der Waals surface area (Å²) in [5.74, 6) is 0.140. The molecule has 126 valence electrons. The zero-order valence-corrected chi connectivity index (χ0v) is 16.3. The molecule has 3 aromatic carbocycles. The van der Waals surface area contributed by atoms with Crippen molar-refractivity contribution < 1.29 is 0 Å². The zero-order chi connectivity index (χ0) is 17.4. The fraction of sp³-hybridized carbons (Fsp3) is 0.273. The number of hydrogen-bond donors (Lipinski definition) is 0.